The molecular weight excluding hydrogens is 328 g/mol. The number of nitrogens with zero attached hydrogens (tertiary/aromatic N) is 1. The normalized spacial score (nSPS) is 24.9. The highest BCUT2D eigenvalue weighted by atomic mass is 79.9. The molecule has 1 fully saturated rings. The molecule has 0 bridgehead atoms. The standard InChI is InChI=1S/C13H13BrN2O4/c14-8-2-3-10-9(6-8)11(17)15-13(20-10)4-1-5-16(7-13)12(18)19/h2-3,6H,1,4-5,7H2,(H,15,17)(H,18,19). The van der Waals surface area contributed by atoms with Crippen LogP contribution in [0.15, 0.2) is 22.7 Å². The van der Waals surface area contributed by atoms with E-state index in [0.717, 1.165) is 4.47 Å². The number of fused-ring (bicyclic) bond motifs is 1. The molecule has 1 spiro atoms. The van der Waals surface area contributed by atoms with Crippen LogP contribution in [0.25, 0.3) is 0 Å². The van der Waals surface area contributed by atoms with Crippen molar-refractivity contribution in [3.05, 3.63) is 28.2 Å². The molecule has 1 aromatic rings. The van der Waals surface area contributed by atoms with E-state index in [1.165, 1.54) is 4.90 Å². The van der Waals surface area contributed by atoms with Crippen molar-refractivity contribution in [3.8, 4) is 5.75 Å². The number of amides is 2. The van der Waals surface area contributed by atoms with Crippen LogP contribution in [0.3, 0.4) is 0 Å². The third-order valence-electron chi connectivity index (χ3n) is 3.56. The van der Waals surface area contributed by atoms with E-state index in [-0.39, 0.29) is 12.5 Å². The molecule has 0 aromatic heterocycles. The topological polar surface area (TPSA) is 78.9 Å². The Labute approximate surface area is 123 Å². The van der Waals surface area contributed by atoms with Crippen LogP contribution < -0.4 is 10.1 Å². The highest BCUT2D eigenvalue weighted by molar-refractivity contribution is 9.10. The summed E-state index contributed by atoms with van der Waals surface area (Å²) in [6, 6.07) is 5.21. The van der Waals surface area contributed by atoms with Gasteiger partial charge in [-0.2, -0.15) is 0 Å². The van der Waals surface area contributed by atoms with E-state index in [2.05, 4.69) is 21.2 Å². The number of hydrogen-bond donors (Lipinski definition) is 2. The number of nitrogens with one attached hydrogen (secondary N) is 1. The van der Waals surface area contributed by atoms with Gasteiger partial charge in [-0.3, -0.25) is 4.79 Å². The number of likely N-dealkylation sites (tertiary alicyclic amines) is 1. The second kappa shape index (κ2) is 4.66. The first-order chi connectivity index (χ1) is 9.49. The minimum Gasteiger partial charge on any atom is -0.465 e. The minimum absolute atomic E-state index is 0.142. The number of hydrogen-bond acceptors (Lipinski definition) is 3. The third-order valence-corrected chi connectivity index (χ3v) is 4.05. The van der Waals surface area contributed by atoms with Gasteiger partial charge in [0.05, 0.1) is 12.1 Å². The van der Waals surface area contributed by atoms with Crippen LogP contribution in [0.5, 0.6) is 5.75 Å². The fourth-order valence-electron chi connectivity index (χ4n) is 2.65. The summed E-state index contributed by atoms with van der Waals surface area (Å²) in [7, 11) is 0. The van der Waals surface area contributed by atoms with Crippen molar-refractivity contribution < 1.29 is 19.4 Å². The maximum absolute atomic E-state index is 12.2. The lowest BCUT2D eigenvalue weighted by Crippen LogP contribution is -2.64. The Kier molecular flexibility index (Phi) is 3.08. The maximum Gasteiger partial charge on any atom is 0.407 e. The summed E-state index contributed by atoms with van der Waals surface area (Å²) in [5.74, 6) is 0.254. The molecule has 6 nitrogen and oxygen atoms in total. The van der Waals surface area contributed by atoms with Crippen molar-refractivity contribution in [2.45, 2.75) is 18.6 Å². The molecule has 7 heteroatoms. The van der Waals surface area contributed by atoms with Crippen LogP contribution in [0.4, 0.5) is 4.79 Å². The smallest absolute Gasteiger partial charge is 0.407 e. The van der Waals surface area contributed by atoms with E-state index in [0.29, 0.717) is 30.7 Å². The predicted molar refractivity (Wildman–Crippen MR) is 73.8 cm³/mol. The van der Waals surface area contributed by atoms with Crippen molar-refractivity contribution >= 4 is 27.9 Å². The van der Waals surface area contributed by atoms with Gasteiger partial charge in [-0.05, 0) is 24.6 Å². The minimum atomic E-state index is -0.997. The van der Waals surface area contributed by atoms with Crippen molar-refractivity contribution in [1.29, 1.82) is 0 Å². The summed E-state index contributed by atoms with van der Waals surface area (Å²) < 4.78 is 6.70. The summed E-state index contributed by atoms with van der Waals surface area (Å²) in [5, 5.41) is 11.9. The third kappa shape index (κ3) is 2.22. The van der Waals surface area contributed by atoms with Gasteiger partial charge in [0.15, 0.2) is 0 Å². The molecule has 1 unspecified atom stereocenters. The summed E-state index contributed by atoms with van der Waals surface area (Å²) in [6.45, 7) is 0.604. The number of carboxylic acid groups (broad SMARTS) is 1. The van der Waals surface area contributed by atoms with E-state index in [9.17, 15) is 9.59 Å². The van der Waals surface area contributed by atoms with Gasteiger partial charge in [-0.1, -0.05) is 15.9 Å². The Balaban J connectivity index is 1.92. The Bertz CT molecular complexity index is 592. The highest BCUT2D eigenvalue weighted by Crippen LogP contribution is 2.34. The zero-order valence-corrected chi connectivity index (χ0v) is 12.1. The summed E-state index contributed by atoms with van der Waals surface area (Å²) in [6.07, 6.45) is 0.250. The second-order valence-electron chi connectivity index (χ2n) is 5.00. The first kappa shape index (κ1) is 13.2. The van der Waals surface area contributed by atoms with Gasteiger partial charge < -0.3 is 20.1 Å². The molecule has 0 radical (unpaired) electrons. The number of benzene rings is 1. The average Bonchev–Trinajstić information content (AvgIpc) is 2.40. The molecule has 1 saturated heterocycles. The molecule has 106 valence electrons. The van der Waals surface area contributed by atoms with Gasteiger partial charge in [0.1, 0.15) is 5.75 Å². The van der Waals surface area contributed by atoms with Gasteiger partial charge >= 0.3 is 6.09 Å². The van der Waals surface area contributed by atoms with Crippen molar-refractivity contribution in [2.75, 3.05) is 13.1 Å². The number of rotatable bonds is 0. The van der Waals surface area contributed by atoms with Crippen LogP contribution in [0.1, 0.15) is 23.2 Å². The quantitative estimate of drug-likeness (QED) is 0.757. The van der Waals surface area contributed by atoms with E-state index in [1.54, 1.807) is 18.2 Å². The molecule has 1 atom stereocenters. The molecule has 3 rings (SSSR count). The summed E-state index contributed by atoms with van der Waals surface area (Å²) in [5.41, 5.74) is -0.494. The van der Waals surface area contributed by atoms with Gasteiger partial charge in [0, 0.05) is 17.4 Å². The van der Waals surface area contributed by atoms with Gasteiger partial charge in [0.2, 0.25) is 5.72 Å². The fraction of sp³-hybridized carbons (Fsp3) is 0.385. The Morgan fingerprint density at radius 3 is 3.05 bits per heavy atom. The van der Waals surface area contributed by atoms with Crippen LogP contribution >= 0.6 is 15.9 Å². The first-order valence-electron chi connectivity index (χ1n) is 6.28. The van der Waals surface area contributed by atoms with E-state index >= 15 is 0 Å². The zero-order chi connectivity index (χ0) is 14.3. The molecule has 20 heavy (non-hydrogen) atoms. The molecule has 0 saturated carbocycles. The monoisotopic (exact) mass is 340 g/mol. The SMILES string of the molecule is O=C1NC2(CCCN(C(=O)O)C2)Oc2ccc(Br)cc21. The second-order valence-corrected chi connectivity index (χ2v) is 5.91. The Hall–Kier alpha value is -1.76. The van der Waals surface area contributed by atoms with Gasteiger partial charge in [-0.25, -0.2) is 4.79 Å². The molecule has 2 amide bonds. The maximum atomic E-state index is 12.2. The lowest BCUT2D eigenvalue weighted by Gasteiger charge is -2.44. The number of halogens is 1. The molecule has 2 aliphatic heterocycles. The zero-order valence-electron chi connectivity index (χ0n) is 10.6. The average molecular weight is 341 g/mol. The molecule has 2 heterocycles. The first-order valence-corrected chi connectivity index (χ1v) is 7.07. The van der Waals surface area contributed by atoms with Crippen molar-refractivity contribution in [1.82, 2.24) is 10.2 Å². The van der Waals surface area contributed by atoms with Crippen molar-refractivity contribution in [2.24, 2.45) is 0 Å². The van der Waals surface area contributed by atoms with E-state index < -0.39 is 11.8 Å². The molecule has 2 N–H and O–H groups in total. The number of piperidine rings is 1. The summed E-state index contributed by atoms with van der Waals surface area (Å²) in [4.78, 5) is 24.6. The van der Waals surface area contributed by atoms with Crippen LogP contribution in [0.2, 0.25) is 0 Å². The van der Waals surface area contributed by atoms with Crippen molar-refractivity contribution in [3.63, 3.8) is 0 Å². The lowest BCUT2D eigenvalue weighted by molar-refractivity contribution is -0.0320. The molecule has 2 aliphatic rings. The Morgan fingerprint density at radius 2 is 2.30 bits per heavy atom. The van der Waals surface area contributed by atoms with E-state index in [4.69, 9.17) is 9.84 Å². The van der Waals surface area contributed by atoms with Crippen LogP contribution in [-0.4, -0.2) is 40.8 Å². The van der Waals surface area contributed by atoms with Crippen LogP contribution in [-0.2, 0) is 0 Å². The van der Waals surface area contributed by atoms with Gasteiger partial charge in [-0.15, -0.1) is 0 Å². The van der Waals surface area contributed by atoms with E-state index in [1.807, 2.05) is 0 Å². The fourth-order valence-corrected chi connectivity index (χ4v) is 3.01. The van der Waals surface area contributed by atoms with Gasteiger partial charge in [0.25, 0.3) is 5.91 Å². The Morgan fingerprint density at radius 1 is 1.50 bits per heavy atom. The predicted octanol–water partition coefficient (Wildman–Crippen LogP) is 2.04. The molecule has 0 aliphatic carbocycles. The lowest BCUT2D eigenvalue weighted by atomic mass is 9.98. The van der Waals surface area contributed by atoms with Crippen LogP contribution in [0, 0.1) is 0 Å². The number of carbonyl (C=O) groups is 2. The molecule has 1 aromatic carbocycles. The largest absolute Gasteiger partial charge is 0.465 e. The number of ether oxygens (including phenoxy) is 1. The highest BCUT2D eigenvalue weighted by Gasteiger charge is 2.44. The summed E-state index contributed by atoms with van der Waals surface area (Å²) >= 11 is 3.31. The number of carbonyl (C=O) groups excluding carboxylic acids is 1. The molecular formula is C13H13BrN2O4.